The molecule has 1 N–H and O–H groups in total. The van der Waals surface area contributed by atoms with Gasteiger partial charge in [-0.1, -0.05) is 18.7 Å². The van der Waals surface area contributed by atoms with Crippen LogP contribution < -0.4 is 5.32 Å². The fraction of sp³-hybridized carbons (Fsp3) is 0.889. The van der Waals surface area contributed by atoms with Crippen LogP contribution in [0.5, 0.6) is 0 Å². The smallest absolute Gasteiger partial charge is 0.156 e. The van der Waals surface area contributed by atoms with E-state index in [-0.39, 0.29) is 5.25 Å². The summed E-state index contributed by atoms with van der Waals surface area (Å²) < 4.78 is 11.1. The molecule has 1 heterocycles. The molecule has 5 heteroatoms. The van der Waals surface area contributed by atoms with Crippen LogP contribution in [-0.2, 0) is 10.8 Å². The number of hydrogen-bond donors (Lipinski definition) is 1. The lowest BCUT2D eigenvalue weighted by Crippen LogP contribution is -2.27. The van der Waals surface area contributed by atoms with Crippen LogP contribution in [0.25, 0.3) is 0 Å². The molecule has 0 aromatic rings. The number of hydrogen-bond acceptors (Lipinski definition) is 4. The molecule has 0 spiro atoms. The maximum absolute atomic E-state index is 11.1. The Morgan fingerprint density at radius 3 is 3.07 bits per heavy atom. The maximum Gasteiger partial charge on any atom is 0.156 e. The number of amidine groups is 1. The summed E-state index contributed by atoms with van der Waals surface area (Å²) in [5.41, 5.74) is 0. The zero-order chi connectivity index (χ0) is 10.4. The van der Waals surface area contributed by atoms with E-state index >= 15 is 0 Å². The molecule has 3 nitrogen and oxygen atoms in total. The van der Waals surface area contributed by atoms with Crippen LogP contribution in [0.15, 0.2) is 4.99 Å². The second kappa shape index (κ2) is 6.45. The lowest BCUT2D eigenvalue weighted by molar-refractivity contribution is 0.666. The van der Waals surface area contributed by atoms with Crippen molar-refractivity contribution in [3.8, 4) is 0 Å². The first kappa shape index (κ1) is 12.0. The van der Waals surface area contributed by atoms with Crippen LogP contribution in [0.3, 0.4) is 0 Å². The number of aliphatic imine (C=N–C) groups is 1. The second-order valence-electron chi connectivity index (χ2n) is 3.41. The predicted molar refractivity (Wildman–Crippen MR) is 65.5 cm³/mol. The molecule has 0 aromatic heterocycles. The van der Waals surface area contributed by atoms with Crippen molar-refractivity contribution in [1.82, 2.24) is 5.32 Å². The lowest BCUT2D eigenvalue weighted by Gasteiger charge is -2.14. The monoisotopic (exact) mass is 234 g/mol. The van der Waals surface area contributed by atoms with Gasteiger partial charge < -0.3 is 5.32 Å². The van der Waals surface area contributed by atoms with Crippen LogP contribution in [-0.4, -0.2) is 39.7 Å². The van der Waals surface area contributed by atoms with Gasteiger partial charge in [0.1, 0.15) is 0 Å². The van der Waals surface area contributed by atoms with Crippen LogP contribution in [0.2, 0.25) is 0 Å². The molecule has 1 aliphatic heterocycles. The molecule has 0 saturated carbocycles. The molecule has 0 radical (unpaired) electrons. The van der Waals surface area contributed by atoms with Gasteiger partial charge >= 0.3 is 0 Å². The fourth-order valence-corrected chi connectivity index (χ4v) is 2.42. The van der Waals surface area contributed by atoms with Crippen molar-refractivity contribution >= 4 is 27.7 Å². The van der Waals surface area contributed by atoms with E-state index in [2.05, 4.69) is 10.3 Å². The first-order valence-electron chi connectivity index (χ1n) is 4.93. The van der Waals surface area contributed by atoms with E-state index in [4.69, 9.17) is 0 Å². The molecule has 2 unspecified atom stereocenters. The number of rotatable bonds is 4. The molecule has 1 aliphatic rings. The number of thioether (sulfide) groups is 1. The summed E-state index contributed by atoms with van der Waals surface area (Å²) >= 11 is 1.79. The van der Waals surface area contributed by atoms with Crippen molar-refractivity contribution in [2.75, 3.05) is 25.1 Å². The third kappa shape index (κ3) is 4.46. The third-order valence-corrected chi connectivity index (χ3v) is 4.60. The summed E-state index contributed by atoms with van der Waals surface area (Å²) in [5, 5.41) is 4.62. The Morgan fingerprint density at radius 1 is 1.71 bits per heavy atom. The summed E-state index contributed by atoms with van der Waals surface area (Å²) in [6.45, 7) is 3.85. The minimum absolute atomic E-state index is 0.275. The zero-order valence-corrected chi connectivity index (χ0v) is 10.4. The summed E-state index contributed by atoms with van der Waals surface area (Å²) in [6.07, 6.45) is 3.89. The number of nitrogens with one attached hydrogen (secondary N) is 1. The van der Waals surface area contributed by atoms with E-state index in [1.807, 2.05) is 6.92 Å². The summed E-state index contributed by atoms with van der Waals surface area (Å²) in [7, 11) is -0.703. The lowest BCUT2D eigenvalue weighted by atomic mass is 10.3. The second-order valence-corrected chi connectivity index (χ2v) is 6.30. The van der Waals surface area contributed by atoms with Gasteiger partial charge in [-0.25, -0.2) is 0 Å². The van der Waals surface area contributed by atoms with E-state index in [1.54, 1.807) is 18.0 Å². The molecule has 0 aromatic carbocycles. The Morgan fingerprint density at radius 2 is 2.50 bits per heavy atom. The van der Waals surface area contributed by atoms with Crippen molar-refractivity contribution in [2.45, 2.75) is 25.0 Å². The first-order valence-corrected chi connectivity index (χ1v) is 7.54. The molecular formula is C9H18N2OS2. The van der Waals surface area contributed by atoms with Crippen molar-refractivity contribution in [2.24, 2.45) is 4.99 Å². The summed E-state index contributed by atoms with van der Waals surface area (Å²) in [6, 6.07) is 0. The highest BCUT2D eigenvalue weighted by Gasteiger charge is 2.08. The molecule has 14 heavy (non-hydrogen) atoms. The Kier molecular flexibility index (Phi) is 5.55. The largest absolute Gasteiger partial charge is 0.365 e. The standard InChI is InChI=1S/C9H18N2OS2/c1-8(14(2)12)4-6-11-9-10-5-3-7-13-9/h8H,3-7H2,1-2H3,(H,10,11). The Balaban J connectivity index is 2.14. The quantitative estimate of drug-likeness (QED) is 0.795. The molecule has 0 aliphatic carbocycles. The highest BCUT2D eigenvalue weighted by Crippen LogP contribution is 2.10. The van der Waals surface area contributed by atoms with Crippen LogP contribution in [0.4, 0.5) is 0 Å². The SMILES string of the molecule is CC(CCNC1=NCCCS1)S(C)=O. The van der Waals surface area contributed by atoms with Crippen LogP contribution in [0, 0.1) is 0 Å². The first-order chi connectivity index (χ1) is 6.70. The van der Waals surface area contributed by atoms with Crippen molar-refractivity contribution in [1.29, 1.82) is 0 Å². The van der Waals surface area contributed by atoms with E-state index < -0.39 is 10.8 Å². The van der Waals surface area contributed by atoms with Gasteiger partial charge in [0.05, 0.1) is 0 Å². The number of nitrogens with zero attached hydrogens (tertiary/aromatic N) is 1. The summed E-state index contributed by atoms with van der Waals surface area (Å²) in [4.78, 5) is 4.36. The molecule has 0 amide bonds. The predicted octanol–water partition coefficient (Wildman–Crippen LogP) is 1.23. The van der Waals surface area contributed by atoms with Gasteiger partial charge in [-0.3, -0.25) is 9.20 Å². The van der Waals surface area contributed by atoms with Gasteiger partial charge in [0, 0.05) is 41.1 Å². The topological polar surface area (TPSA) is 41.5 Å². The van der Waals surface area contributed by atoms with E-state index in [9.17, 15) is 4.21 Å². The average molecular weight is 234 g/mol. The molecule has 82 valence electrons. The van der Waals surface area contributed by atoms with E-state index in [0.29, 0.717) is 0 Å². The minimum atomic E-state index is -0.703. The Labute approximate surface area is 92.6 Å². The molecular weight excluding hydrogens is 216 g/mol. The van der Waals surface area contributed by atoms with Gasteiger partial charge in [-0.15, -0.1) is 0 Å². The third-order valence-electron chi connectivity index (χ3n) is 2.19. The highest BCUT2D eigenvalue weighted by molar-refractivity contribution is 8.13. The maximum atomic E-state index is 11.1. The highest BCUT2D eigenvalue weighted by atomic mass is 32.2. The van der Waals surface area contributed by atoms with Gasteiger partial charge in [-0.2, -0.15) is 0 Å². The minimum Gasteiger partial charge on any atom is -0.365 e. The molecule has 0 fully saturated rings. The summed E-state index contributed by atoms with van der Waals surface area (Å²) in [5.74, 6) is 1.17. The van der Waals surface area contributed by atoms with Crippen LogP contribution in [0.1, 0.15) is 19.8 Å². The Hall–Kier alpha value is -0.0300. The average Bonchev–Trinajstić information content (AvgIpc) is 2.19. The zero-order valence-electron chi connectivity index (χ0n) is 8.78. The van der Waals surface area contributed by atoms with Gasteiger partial charge in [-0.05, 0) is 12.8 Å². The molecule has 0 bridgehead atoms. The van der Waals surface area contributed by atoms with Crippen molar-refractivity contribution < 1.29 is 4.21 Å². The van der Waals surface area contributed by atoms with E-state index in [1.165, 1.54) is 12.2 Å². The van der Waals surface area contributed by atoms with Gasteiger partial charge in [0.2, 0.25) is 0 Å². The Bertz CT molecular complexity index is 231. The normalized spacial score (nSPS) is 21.1. The molecule has 2 atom stereocenters. The molecule has 1 rings (SSSR count). The van der Waals surface area contributed by atoms with Gasteiger partial charge in [0.15, 0.2) is 5.17 Å². The van der Waals surface area contributed by atoms with Crippen LogP contribution >= 0.6 is 11.8 Å². The molecule has 0 saturated heterocycles. The fourth-order valence-electron chi connectivity index (χ4n) is 1.11. The van der Waals surface area contributed by atoms with Crippen molar-refractivity contribution in [3.05, 3.63) is 0 Å². The van der Waals surface area contributed by atoms with Gasteiger partial charge in [0.25, 0.3) is 0 Å². The van der Waals surface area contributed by atoms with Crippen molar-refractivity contribution in [3.63, 3.8) is 0 Å². The van der Waals surface area contributed by atoms with E-state index in [0.717, 1.165) is 24.7 Å².